The fraction of sp³-hybridized carbons (Fsp3) is 0.619. The lowest BCUT2D eigenvalue weighted by atomic mass is 10.1. The lowest BCUT2D eigenvalue weighted by molar-refractivity contribution is 0.0487. The summed E-state index contributed by atoms with van der Waals surface area (Å²) in [5, 5.41) is 9.37. The summed E-state index contributed by atoms with van der Waals surface area (Å²) in [7, 11) is 0. The number of ether oxygens (including phenoxy) is 1. The molecule has 158 valence electrons. The molecule has 6 nitrogen and oxygen atoms in total. The number of aliphatic imine (C=N–C) groups is 1. The van der Waals surface area contributed by atoms with E-state index in [2.05, 4.69) is 20.9 Å². The van der Waals surface area contributed by atoms with Crippen LogP contribution in [0.5, 0.6) is 0 Å². The molecule has 0 spiro atoms. The van der Waals surface area contributed by atoms with Crippen molar-refractivity contribution in [1.82, 2.24) is 16.0 Å². The topological polar surface area (TPSA) is 74.8 Å². The maximum Gasteiger partial charge on any atom is 0.251 e. The number of guanidine groups is 1. The second-order valence-electron chi connectivity index (χ2n) is 6.79. The first-order chi connectivity index (χ1) is 13.3. The average molecular weight is 502 g/mol. The van der Waals surface area contributed by atoms with Crippen LogP contribution in [0.4, 0.5) is 0 Å². The van der Waals surface area contributed by atoms with Gasteiger partial charge in [-0.05, 0) is 31.9 Å². The third-order valence-corrected chi connectivity index (χ3v) is 4.60. The number of halogens is 1. The highest BCUT2D eigenvalue weighted by molar-refractivity contribution is 14.0. The molecule has 0 aromatic heterocycles. The van der Waals surface area contributed by atoms with Gasteiger partial charge in [0.05, 0.1) is 19.3 Å². The second kappa shape index (κ2) is 15.6. The van der Waals surface area contributed by atoms with Gasteiger partial charge in [0.1, 0.15) is 0 Å². The summed E-state index contributed by atoms with van der Waals surface area (Å²) in [6.07, 6.45) is 8.03. The van der Waals surface area contributed by atoms with Crippen LogP contribution in [-0.4, -0.2) is 50.8 Å². The van der Waals surface area contributed by atoms with Crippen LogP contribution < -0.4 is 16.0 Å². The van der Waals surface area contributed by atoms with Gasteiger partial charge in [0, 0.05) is 25.2 Å². The summed E-state index contributed by atoms with van der Waals surface area (Å²) in [5.41, 5.74) is 0.675. The SMILES string of the molecule is CCNC(=NCCOC1CCCCCC1)NCCNC(=O)c1ccccc1.I. The molecule has 1 fully saturated rings. The van der Waals surface area contributed by atoms with Crippen LogP contribution in [0, 0.1) is 0 Å². The first kappa shape index (κ1) is 24.7. The van der Waals surface area contributed by atoms with Gasteiger partial charge in [-0.15, -0.1) is 24.0 Å². The van der Waals surface area contributed by atoms with Crippen molar-refractivity contribution in [3.8, 4) is 0 Å². The highest BCUT2D eigenvalue weighted by atomic mass is 127. The summed E-state index contributed by atoms with van der Waals surface area (Å²) < 4.78 is 5.98. The quantitative estimate of drug-likeness (QED) is 0.159. The molecule has 1 aromatic rings. The Balaban J connectivity index is 0.00000392. The zero-order chi connectivity index (χ0) is 19.2. The van der Waals surface area contributed by atoms with Crippen molar-refractivity contribution in [2.24, 2.45) is 4.99 Å². The fourth-order valence-corrected chi connectivity index (χ4v) is 3.18. The van der Waals surface area contributed by atoms with E-state index >= 15 is 0 Å². The highest BCUT2D eigenvalue weighted by Crippen LogP contribution is 2.19. The number of amides is 1. The Labute approximate surface area is 186 Å². The van der Waals surface area contributed by atoms with Crippen LogP contribution in [0.15, 0.2) is 35.3 Å². The maximum absolute atomic E-state index is 12.0. The first-order valence-corrected chi connectivity index (χ1v) is 10.3. The minimum absolute atomic E-state index is 0. The normalized spacial score (nSPS) is 15.2. The molecule has 1 amide bonds. The van der Waals surface area contributed by atoms with Gasteiger partial charge in [-0.25, -0.2) is 0 Å². The Morgan fingerprint density at radius 3 is 2.39 bits per heavy atom. The summed E-state index contributed by atoms with van der Waals surface area (Å²) in [4.78, 5) is 16.6. The van der Waals surface area contributed by atoms with Crippen molar-refractivity contribution in [1.29, 1.82) is 0 Å². The molecular formula is C21H35IN4O2. The number of nitrogens with one attached hydrogen (secondary N) is 3. The van der Waals surface area contributed by atoms with Gasteiger partial charge in [-0.3, -0.25) is 9.79 Å². The summed E-state index contributed by atoms with van der Waals surface area (Å²) in [6, 6.07) is 9.24. The van der Waals surface area contributed by atoms with Crippen LogP contribution in [0.25, 0.3) is 0 Å². The highest BCUT2D eigenvalue weighted by Gasteiger charge is 2.12. The van der Waals surface area contributed by atoms with E-state index in [4.69, 9.17) is 4.74 Å². The minimum Gasteiger partial charge on any atom is -0.376 e. The molecule has 0 heterocycles. The standard InChI is InChI=1S/C21H34N4O2.HI/c1-2-22-21(25-16-17-27-19-12-8-3-4-9-13-19)24-15-14-23-20(26)18-10-6-5-7-11-18;/h5-7,10-11,19H,2-4,8-9,12-17H2,1H3,(H,23,26)(H2,22,24,25);1H. The lowest BCUT2D eigenvalue weighted by Crippen LogP contribution is -2.41. The van der Waals surface area contributed by atoms with E-state index in [1.165, 1.54) is 38.5 Å². The van der Waals surface area contributed by atoms with Crippen molar-refractivity contribution in [3.05, 3.63) is 35.9 Å². The molecule has 0 unspecified atom stereocenters. The van der Waals surface area contributed by atoms with E-state index in [-0.39, 0.29) is 29.9 Å². The van der Waals surface area contributed by atoms with Crippen LogP contribution in [-0.2, 0) is 4.74 Å². The first-order valence-electron chi connectivity index (χ1n) is 10.3. The summed E-state index contributed by atoms with van der Waals surface area (Å²) >= 11 is 0. The van der Waals surface area contributed by atoms with Crippen LogP contribution in [0.3, 0.4) is 0 Å². The Hall–Kier alpha value is -1.35. The average Bonchev–Trinajstić information content (AvgIpc) is 2.97. The smallest absolute Gasteiger partial charge is 0.251 e. The zero-order valence-electron chi connectivity index (χ0n) is 16.9. The number of carbonyl (C=O) groups excluding carboxylic acids is 1. The number of rotatable bonds is 9. The van der Waals surface area contributed by atoms with Gasteiger partial charge in [0.25, 0.3) is 5.91 Å². The number of benzene rings is 1. The predicted octanol–water partition coefficient (Wildman–Crippen LogP) is 3.33. The van der Waals surface area contributed by atoms with Gasteiger partial charge in [0.15, 0.2) is 5.96 Å². The largest absolute Gasteiger partial charge is 0.376 e. The Kier molecular flexibility index (Phi) is 13.7. The van der Waals surface area contributed by atoms with Gasteiger partial charge in [-0.2, -0.15) is 0 Å². The predicted molar refractivity (Wildman–Crippen MR) is 126 cm³/mol. The third kappa shape index (κ3) is 10.3. The number of hydrogen-bond acceptors (Lipinski definition) is 3. The van der Waals surface area contributed by atoms with Crippen molar-refractivity contribution in [3.63, 3.8) is 0 Å². The Morgan fingerprint density at radius 1 is 1.04 bits per heavy atom. The van der Waals surface area contributed by atoms with Gasteiger partial charge in [-0.1, -0.05) is 43.9 Å². The molecule has 1 aliphatic carbocycles. The molecule has 0 radical (unpaired) electrons. The van der Waals surface area contributed by atoms with Crippen molar-refractivity contribution >= 4 is 35.8 Å². The van der Waals surface area contributed by atoms with E-state index in [1.54, 1.807) is 0 Å². The molecule has 0 saturated heterocycles. The maximum atomic E-state index is 12.0. The summed E-state index contributed by atoms with van der Waals surface area (Å²) in [6.45, 7) is 5.29. The number of carbonyl (C=O) groups is 1. The molecule has 1 aromatic carbocycles. The van der Waals surface area contributed by atoms with Crippen molar-refractivity contribution in [2.75, 3.05) is 32.8 Å². The molecule has 28 heavy (non-hydrogen) atoms. The van der Waals surface area contributed by atoms with Gasteiger partial charge < -0.3 is 20.7 Å². The van der Waals surface area contributed by atoms with E-state index in [9.17, 15) is 4.79 Å². The van der Waals surface area contributed by atoms with E-state index < -0.39 is 0 Å². The van der Waals surface area contributed by atoms with Crippen molar-refractivity contribution < 1.29 is 9.53 Å². The fourth-order valence-electron chi connectivity index (χ4n) is 3.18. The molecule has 1 aliphatic rings. The molecule has 7 heteroatoms. The molecule has 0 bridgehead atoms. The minimum atomic E-state index is -0.0591. The van der Waals surface area contributed by atoms with Crippen LogP contribution in [0.1, 0.15) is 55.8 Å². The van der Waals surface area contributed by atoms with E-state index in [1.807, 2.05) is 37.3 Å². The van der Waals surface area contributed by atoms with E-state index in [0.29, 0.717) is 37.9 Å². The second-order valence-corrected chi connectivity index (χ2v) is 6.79. The molecular weight excluding hydrogens is 467 g/mol. The molecule has 0 aliphatic heterocycles. The molecule has 1 saturated carbocycles. The molecule has 0 atom stereocenters. The monoisotopic (exact) mass is 502 g/mol. The number of nitrogens with zero attached hydrogens (tertiary/aromatic N) is 1. The van der Waals surface area contributed by atoms with Crippen molar-refractivity contribution in [2.45, 2.75) is 51.6 Å². The number of hydrogen-bond donors (Lipinski definition) is 3. The molecule has 2 rings (SSSR count). The Bertz CT molecular complexity index is 561. The third-order valence-electron chi connectivity index (χ3n) is 4.60. The zero-order valence-corrected chi connectivity index (χ0v) is 19.2. The molecule has 3 N–H and O–H groups in total. The lowest BCUT2D eigenvalue weighted by Gasteiger charge is -2.15. The summed E-state index contributed by atoms with van der Waals surface area (Å²) in [5.74, 6) is 0.701. The van der Waals surface area contributed by atoms with Gasteiger partial charge in [0.2, 0.25) is 0 Å². The van der Waals surface area contributed by atoms with Gasteiger partial charge >= 0.3 is 0 Å². The van der Waals surface area contributed by atoms with E-state index in [0.717, 1.165) is 12.5 Å². The van der Waals surface area contributed by atoms with Crippen LogP contribution in [0.2, 0.25) is 0 Å². The Morgan fingerprint density at radius 2 is 1.71 bits per heavy atom. The van der Waals surface area contributed by atoms with Crippen LogP contribution >= 0.6 is 24.0 Å².